The van der Waals surface area contributed by atoms with Crippen molar-refractivity contribution in [1.29, 1.82) is 0 Å². The number of hydrogen-bond donors (Lipinski definition) is 3. The zero-order valence-electron chi connectivity index (χ0n) is 11.6. The molecule has 6 nitrogen and oxygen atoms in total. The molecule has 1 saturated carbocycles. The molecule has 0 spiro atoms. The number of carbonyl (C=O) groups is 3. The Labute approximate surface area is 131 Å². The van der Waals surface area contributed by atoms with Crippen molar-refractivity contribution >= 4 is 29.5 Å². The van der Waals surface area contributed by atoms with Crippen LogP contribution in [-0.2, 0) is 16.0 Å². The quantitative estimate of drug-likeness (QED) is 0.717. The molecule has 1 heterocycles. The Hall–Kier alpha value is -2.08. The van der Waals surface area contributed by atoms with Gasteiger partial charge in [0.25, 0.3) is 5.91 Å². The maximum atomic E-state index is 12.2. The minimum absolute atomic E-state index is 0.322. The molecule has 1 aromatic carbocycles. The van der Waals surface area contributed by atoms with E-state index in [9.17, 15) is 14.4 Å². The number of amides is 3. The van der Waals surface area contributed by atoms with E-state index in [0.29, 0.717) is 24.3 Å². The smallest absolute Gasteiger partial charge is 0.322 e. The number of nitrogens with one attached hydrogen (secondary N) is 2. The second kappa shape index (κ2) is 5.28. The van der Waals surface area contributed by atoms with Crippen LogP contribution in [0.15, 0.2) is 24.3 Å². The maximum Gasteiger partial charge on any atom is 0.322 e. The van der Waals surface area contributed by atoms with E-state index >= 15 is 0 Å². The highest BCUT2D eigenvalue weighted by atomic mass is 35.5. The Balaban J connectivity index is 1.82. The van der Waals surface area contributed by atoms with Crippen LogP contribution in [0.1, 0.15) is 18.4 Å². The molecule has 0 bridgehead atoms. The summed E-state index contributed by atoms with van der Waals surface area (Å²) >= 11 is 6.11. The molecular formula is C15H15ClN2O4. The molecule has 3 rings (SSSR count). The fourth-order valence-electron chi connectivity index (χ4n) is 3.17. The van der Waals surface area contributed by atoms with Gasteiger partial charge in [0.2, 0.25) is 0 Å². The number of aliphatic carboxylic acids is 1. The monoisotopic (exact) mass is 322 g/mol. The summed E-state index contributed by atoms with van der Waals surface area (Å²) in [6.07, 6.45) is 1.20. The van der Waals surface area contributed by atoms with Crippen LogP contribution in [0.4, 0.5) is 4.79 Å². The molecule has 116 valence electrons. The van der Waals surface area contributed by atoms with Crippen molar-refractivity contribution in [2.75, 3.05) is 0 Å². The number of hydrogen-bond acceptors (Lipinski definition) is 3. The third kappa shape index (κ3) is 2.43. The van der Waals surface area contributed by atoms with Gasteiger partial charge >= 0.3 is 12.0 Å². The third-order valence-corrected chi connectivity index (χ3v) is 4.82. The van der Waals surface area contributed by atoms with Crippen molar-refractivity contribution in [2.45, 2.75) is 24.8 Å². The van der Waals surface area contributed by atoms with E-state index in [-0.39, 0.29) is 5.92 Å². The van der Waals surface area contributed by atoms with Gasteiger partial charge in [-0.3, -0.25) is 14.9 Å². The third-order valence-electron chi connectivity index (χ3n) is 4.46. The number of urea groups is 1. The van der Waals surface area contributed by atoms with Crippen molar-refractivity contribution in [3.63, 3.8) is 0 Å². The van der Waals surface area contributed by atoms with Crippen LogP contribution < -0.4 is 10.6 Å². The average Bonchev–Trinajstić information content (AvgIpc) is 3.20. The molecular weight excluding hydrogens is 308 g/mol. The van der Waals surface area contributed by atoms with Crippen LogP contribution in [0.5, 0.6) is 0 Å². The SMILES string of the molecule is O=C1NC(=O)C(CCc2ccccc2Cl)([C@H]2C[C@@H]2C(=O)O)N1. The summed E-state index contributed by atoms with van der Waals surface area (Å²) in [5, 5.41) is 14.6. The zero-order chi connectivity index (χ0) is 15.9. The lowest BCUT2D eigenvalue weighted by Gasteiger charge is -2.26. The van der Waals surface area contributed by atoms with Crippen LogP contribution in [-0.4, -0.2) is 28.6 Å². The fraction of sp³-hybridized carbons (Fsp3) is 0.400. The van der Waals surface area contributed by atoms with Gasteiger partial charge in [0.05, 0.1) is 5.92 Å². The van der Waals surface area contributed by atoms with Gasteiger partial charge in [-0.05, 0) is 30.9 Å². The molecule has 1 saturated heterocycles. The molecule has 1 aliphatic heterocycles. The Morgan fingerprint density at radius 2 is 2.09 bits per heavy atom. The van der Waals surface area contributed by atoms with E-state index < -0.39 is 29.4 Å². The summed E-state index contributed by atoms with van der Waals surface area (Å²) in [4.78, 5) is 34.9. The number of imide groups is 1. The first-order valence-corrected chi connectivity index (χ1v) is 7.41. The average molecular weight is 323 g/mol. The molecule has 3 N–H and O–H groups in total. The zero-order valence-corrected chi connectivity index (χ0v) is 12.4. The van der Waals surface area contributed by atoms with Gasteiger partial charge in [0, 0.05) is 10.9 Å². The maximum absolute atomic E-state index is 12.2. The van der Waals surface area contributed by atoms with Crippen LogP contribution in [0.2, 0.25) is 5.02 Å². The van der Waals surface area contributed by atoms with Crippen molar-refractivity contribution in [2.24, 2.45) is 11.8 Å². The molecule has 2 aliphatic rings. The predicted octanol–water partition coefficient (Wildman–Crippen LogP) is 1.57. The molecule has 22 heavy (non-hydrogen) atoms. The van der Waals surface area contributed by atoms with Gasteiger partial charge in [0.15, 0.2) is 0 Å². The van der Waals surface area contributed by atoms with Gasteiger partial charge in [-0.25, -0.2) is 4.79 Å². The minimum Gasteiger partial charge on any atom is -0.481 e. The Bertz CT molecular complexity index is 663. The molecule has 0 aromatic heterocycles. The summed E-state index contributed by atoms with van der Waals surface area (Å²) in [5.74, 6) is -2.34. The highest BCUT2D eigenvalue weighted by molar-refractivity contribution is 6.31. The van der Waals surface area contributed by atoms with Gasteiger partial charge in [-0.2, -0.15) is 0 Å². The summed E-state index contributed by atoms with van der Waals surface area (Å²) in [7, 11) is 0. The van der Waals surface area contributed by atoms with Gasteiger partial charge < -0.3 is 10.4 Å². The summed E-state index contributed by atoms with van der Waals surface area (Å²) < 4.78 is 0. The molecule has 3 amide bonds. The van der Waals surface area contributed by atoms with Gasteiger partial charge in [0.1, 0.15) is 5.54 Å². The van der Waals surface area contributed by atoms with Crippen molar-refractivity contribution in [3.05, 3.63) is 34.9 Å². The van der Waals surface area contributed by atoms with E-state index in [1.807, 2.05) is 18.2 Å². The Morgan fingerprint density at radius 3 is 2.64 bits per heavy atom. The summed E-state index contributed by atoms with van der Waals surface area (Å²) in [5.41, 5.74) is -0.288. The summed E-state index contributed by atoms with van der Waals surface area (Å²) in [6, 6.07) is 6.70. The molecule has 7 heteroatoms. The van der Waals surface area contributed by atoms with Crippen LogP contribution in [0, 0.1) is 11.8 Å². The number of halogens is 1. The second-order valence-corrected chi connectivity index (χ2v) is 6.17. The number of aryl methyl sites for hydroxylation is 1. The largest absolute Gasteiger partial charge is 0.481 e. The van der Waals surface area contributed by atoms with E-state index in [0.717, 1.165) is 5.56 Å². The van der Waals surface area contributed by atoms with Gasteiger partial charge in [-0.1, -0.05) is 29.8 Å². The number of carboxylic acids is 1. The first-order valence-electron chi connectivity index (χ1n) is 7.04. The lowest BCUT2D eigenvalue weighted by atomic mass is 9.85. The van der Waals surface area contributed by atoms with Crippen LogP contribution >= 0.6 is 11.6 Å². The van der Waals surface area contributed by atoms with E-state index in [2.05, 4.69) is 10.6 Å². The lowest BCUT2D eigenvalue weighted by Crippen LogP contribution is -2.50. The number of carboxylic acid groups (broad SMARTS) is 1. The highest BCUT2D eigenvalue weighted by Gasteiger charge is 2.62. The molecule has 2 fully saturated rings. The standard InChI is InChI=1S/C15H15ClN2O4/c16-11-4-2-1-3-8(11)5-6-15(10-7-9(10)12(19)20)13(21)17-14(22)18-15/h1-4,9-10H,5-7H2,(H,19,20)(H2,17,18,21,22)/t9-,10-,15?/m0/s1. The Kier molecular flexibility index (Phi) is 3.56. The molecule has 3 atom stereocenters. The molecule has 1 unspecified atom stereocenters. The summed E-state index contributed by atoms with van der Waals surface area (Å²) in [6.45, 7) is 0. The van der Waals surface area contributed by atoms with E-state index in [1.54, 1.807) is 6.07 Å². The predicted molar refractivity (Wildman–Crippen MR) is 78.4 cm³/mol. The number of benzene rings is 1. The van der Waals surface area contributed by atoms with Crippen LogP contribution in [0.3, 0.4) is 0 Å². The normalized spacial score (nSPS) is 29.9. The lowest BCUT2D eigenvalue weighted by molar-refractivity contribution is -0.139. The Morgan fingerprint density at radius 1 is 1.36 bits per heavy atom. The van der Waals surface area contributed by atoms with Gasteiger partial charge in [-0.15, -0.1) is 0 Å². The number of carbonyl (C=O) groups excluding carboxylic acids is 2. The minimum atomic E-state index is -1.15. The van der Waals surface area contributed by atoms with E-state index in [4.69, 9.17) is 16.7 Å². The van der Waals surface area contributed by atoms with Crippen molar-refractivity contribution < 1.29 is 19.5 Å². The molecule has 0 radical (unpaired) electrons. The van der Waals surface area contributed by atoms with Crippen molar-refractivity contribution in [1.82, 2.24) is 10.6 Å². The molecule has 1 aromatic rings. The van der Waals surface area contributed by atoms with E-state index in [1.165, 1.54) is 0 Å². The topological polar surface area (TPSA) is 95.5 Å². The number of rotatable bonds is 5. The molecule has 1 aliphatic carbocycles. The fourth-order valence-corrected chi connectivity index (χ4v) is 3.40. The van der Waals surface area contributed by atoms with Crippen LogP contribution in [0.25, 0.3) is 0 Å². The first-order chi connectivity index (χ1) is 10.4. The second-order valence-electron chi connectivity index (χ2n) is 5.76. The first kappa shape index (κ1) is 14.8. The van der Waals surface area contributed by atoms with Crippen molar-refractivity contribution in [3.8, 4) is 0 Å². The highest BCUT2D eigenvalue weighted by Crippen LogP contribution is 2.49.